The Kier molecular flexibility index (Phi) is 8.64. The number of hydrogen-bond acceptors (Lipinski definition) is 6. The summed E-state index contributed by atoms with van der Waals surface area (Å²) in [4.78, 5) is 18.5. The summed E-state index contributed by atoms with van der Waals surface area (Å²) in [6.07, 6.45) is -0.546. The predicted octanol–water partition coefficient (Wildman–Crippen LogP) is 1.06. The predicted molar refractivity (Wildman–Crippen MR) is 41.6 cm³/mol. The molecule has 0 unspecified atom stereocenters. The molecule has 0 aromatic carbocycles. The normalized spacial score (nSPS) is 14.2. The molecular formula is C7H14O6. The summed E-state index contributed by atoms with van der Waals surface area (Å²) in [5.41, 5.74) is 0. The molecule has 0 aliphatic carbocycles. The van der Waals surface area contributed by atoms with Crippen molar-refractivity contribution in [2.75, 3.05) is 26.4 Å². The first-order chi connectivity index (χ1) is 6.31. The van der Waals surface area contributed by atoms with Gasteiger partial charge in [-0.05, 0) is 13.8 Å². The fraction of sp³-hybridized carbons (Fsp3) is 0.857. The second-order valence-electron chi connectivity index (χ2n) is 1.83. The molecule has 0 amide bonds. The maximum atomic E-state index is 9.80. The minimum atomic E-state index is -0.546. The quantitative estimate of drug-likeness (QED) is 0.288. The summed E-state index contributed by atoms with van der Waals surface area (Å²) < 4.78 is 8.58. The van der Waals surface area contributed by atoms with E-state index in [4.69, 9.17) is 0 Å². The first-order valence-corrected chi connectivity index (χ1v) is 4.01. The maximum Gasteiger partial charge on any atom is 0.508 e. The van der Waals surface area contributed by atoms with Gasteiger partial charge < -0.3 is 9.47 Å². The van der Waals surface area contributed by atoms with Crippen LogP contribution in [0.2, 0.25) is 0 Å². The van der Waals surface area contributed by atoms with Crippen LogP contribution in [0.4, 0.5) is 4.79 Å². The number of ether oxygens (including phenoxy) is 2. The molecule has 0 N–H and O–H groups in total. The first kappa shape index (κ1) is 12.2. The van der Waals surface area contributed by atoms with Crippen LogP contribution < -0.4 is 0 Å². The summed E-state index contributed by atoms with van der Waals surface area (Å²) in [7, 11) is 0. The molecule has 6 heteroatoms. The van der Waals surface area contributed by atoms with Crippen LogP contribution in [0.5, 0.6) is 0 Å². The molecule has 6 nitrogen and oxygen atoms in total. The number of hydrogen-bond donors (Lipinski definition) is 0. The van der Waals surface area contributed by atoms with Crippen LogP contribution in [0.3, 0.4) is 0 Å². The van der Waals surface area contributed by atoms with Crippen molar-refractivity contribution in [2.45, 2.75) is 13.8 Å². The first-order valence-electron chi connectivity index (χ1n) is 4.01. The molecule has 0 radical (unpaired) electrons. The number of carbonyl (C=O) groups is 1. The highest BCUT2D eigenvalue weighted by atomic mass is 17.5. The zero-order valence-electron chi connectivity index (χ0n) is 7.78. The second kappa shape index (κ2) is 9.24. The van der Waals surface area contributed by atoms with E-state index in [0.29, 0.717) is 26.4 Å². The third-order valence-corrected chi connectivity index (χ3v) is 0.855. The van der Waals surface area contributed by atoms with Crippen LogP contribution in [-0.2, 0) is 24.3 Å². The third-order valence-electron chi connectivity index (χ3n) is 0.855. The molecule has 78 valence electrons. The van der Waals surface area contributed by atoms with Crippen LogP contribution in [0.15, 0.2) is 0 Å². The Morgan fingerprint density at radius 1 is 1.15 bits per heavy atom. The average Bonchev–Trinajstić information content (AvgIpc) is 2.58. The van der Waals surface area contributed by atoms with Crippen molar-refractivity contribution in [3.63, 3.8) is 0 Å². The van der Waals surface area contributed by atoms with Gasteiger partial charge in [-0.2, -0.15) is 0 Å². The lowest BCUT2D eigenvalue weighted by Gasteiger charge is -1.94. The lowest BCUT2D eigenvalue weighted by atomic mass is 10.8. The van der Waals surface area contributed by atoms with E-state index in [1.165, 1.54) is 0 Å². The summed E-state index contributed by atoms with van der Waals surface area (Å²) in [6, 6.07) is 0. The van der Waals surface area contributed by atoms with Gasteiger partial charge in [0.15, 0.2) is 0 Å². The van der Waals surface area contributed by atoms with E-state index in [1.807, 2.05) is 13.8 Å². The molecule has 1 fully saturated rings. The van der Waals surface area contributed by atoms with Gasteiger partial charge in [0.25, 0.3) is 0 Å². The molecule has 0 aromatic rings. The number of carbonyl (C=O) groups excluding carboxylic acids is 1. The summed E-state index contributed by atoms with van der Waals surface area (Å²) in [5, 5.41) is 4.13. The van der Waals surface area contributed by atoms with Crippen molar-refractivity contribution in [2.24, 2.45) is 0 Å². The minimum absolute atomic E-state index is 0.416. The highest BCUT2D eigenvalue weighted by molar-refractivity contribution is 5.61. The smallest absolute Gasteiger partial charge is 0.431 e. The van der Waals surface area contributed by atoms with Gasteiger partial charge in [-0.3, -0.25) is 0 Å². The Bertz CT molecular complexity index is 114. The maximum absolute atomic E-state index is 9.80. The molecule has 1 aliphatic rings. The minimum Gasteiger partial charge on any atom is -0.431 e. The van der Waals surface area contributed by atoms with Crippen LogP contribution in [0.1, 0.15) is 13.8 Å². The van der Waals surface area contributed by atoms with Gasteiger partial charge in [0, 0.05) is 0 Å². The second-order valence-corrected chi connectivity index (χ2v) is 1.83. The van der Waals surface area contributed by atoms with E-state index in [2.05, 4.69) is 24.3 Å². The Morgan fingerprint density at radius 3 is 1.85 bits per heavy atom. The highest BCUT2D eigenvalue weighted by Crippen LogP contribution is 1.92. The Hall–Kier alpha value is -0.850. The molecule has 0 saturated carbocycles. The van der Waals surface area contributed by atoms with Gasteiger partial charge in [0.2, 0.25) is 0 Å². The van der Waals surface area contributed by atoms with E-state index in [-0.39, 0.29) is 0 Å². The van der Waals surface area contributed by atoms with Gasteiger partial charge in [-0.15, -0.1) is 0 Å². The standard InChI is InChI=1S/C4H10O3.C3H4O3/c1-3-5-7-6-4-2;4-3-5-1-2-6-3/h3-4H2,1-2H3;1-2H2. The van der Waals surface area contributed by atoms with E-state index in [1.54, 1.807) is 0 Å². The monoisotopic (exact) mass is 194 g/mol. The zero-order chi connectivity index (χ0) is 9.94. The van der Waals surface area contributed by atoms with Gasteiger partial charge in [0.05, 0.1) is 13.2 Å². The summed E-state index contributed by atoms with van der Waals surface area (Å²) >= 11 is 0. The van der Waals surface area contributed by atoms with Gasteiger partial charge in [-0.25, -0.2) is 14.6 Å². The fourth-order valence-corrected chi connectivity index (χ4v) is 0.422. The molecular weight excluding hydrogens is 180 g/mol. The lowest BCUT2D eigenvalue weighted by Crippen LogP contribution is -1.94. The molecule has 1 rings (SSSR count). The molecule has 0 atom stereocenters. The topological polar surface area (TPSA) is 63.2 Å². The van der Waals surface area contributed by atoms with Crippen LogP contribution in [0, 0.1) is 0 Å². The summed E-state index contributed by atoms with van der Waals surface area (Å²) in [5.74, 6) is 0. The molecule has 1 saturated heterocycles. The van der Waals surface area contributed by atoms with Crippen molar-refractivity contribution in [3.8, 4) is 0 Å². The third kappa shape index (κ3) is 9.06. The Morgan fingerprint density at radius 2 is 1.62 bits per heavy atom. The Balaban J connectivity index is 0.000000223. The van der Waals surface area contributed by atoms with E-state index in [0.717, 1.165) is 0 Å². The molecule has 0 bridgehead atoms. The van der Waals surface area contributed by atoms with E-state index < -0.39 is 6.16 Å². The average molecular weight is 194 g/mol. The van der Waals surface area contributed by atoms with Crippen LogP contribution >= 0.6 is 0 Å². The number of rotatable bonds is 4. The highest BCUT2D eigenvalue weighted by Gasteiger charge is 2.09. The van der Waals surface area contributed by atoms with E-state index >= 15 is 0 Å². The molecule has 13 heavy (non-hydrogen) atoms. The van der Waals surface area contributed by atoms with Crippen molar-refractivity contribution >= 4 is 6.16 Å². The van der Waals surface area contributed by atoms with Crippen molar-refractivity contribution < 1.29 is 29.1 Å². The fourth-order valence-electron chi connectivity index (χ4n) is 0.422. The molecule has 1 aliphatic heterocycles. The van der Waals surface area contributed by atoms with Crippen molar-refractivity contribution in [1.29, 1.82) is 0 Å². The largest absolute Gasteiger partial charge is 0.508 e. The number of cyclic esters (lactones) is 2. The van der Waals surface area contributed by atoms with Gasteiger partial charge in [-0.1, -0.05) is 5.04 Å². The SMILES string of the molecule is CCOOOCC.O=C1OCCO1. The molecule has 0 spiro atoms. The van der Waals surface area contributed by atoms with Crippen molar-refractivity contribution in [1.82, 2.24) is 0 Å². The van der Waals surface area contributed by atoms with Gasteiger partial charge >= 0.3 is 6.16 Å². The summed E-state index contributed by atoms with van der Waals surface area (Å²) in [6.45, 7) is 5.50. The molecule has 0 aromatic heterocycles. The van der Waals surface area contributed by atoms with Crippen LogP contribution in [0.25, 0.3) is 0 Å². The molecule has 1 heterocycles. The van der Waals surface area contributed by atoms with Gasteiger partial charge in [0.1, 0.15) is 13.2 Å². The van der Waals surface area contributed by atoms with Crippen molar-refractivity contribution in [3.05, 3.63) is 0 Å². The van der Waals surface area contributed by atoms with E-state index in [9.17, 15) is 4.79 Å². The van der Waals surface area contributed by atoms with Crippen LogP contribution in [-0.4, -0.2) is 32.6 Å². The zero-order valence-corrected chi connectivity index (χ0v) is 7.78. The lowest BCUT2D eigenvalue weighted by molar-refractivity contribution is -0.509. The Labute approximate surface area is 76.5 Å².